The molecule has 2 aliphatic heterocycles. The lowest BCUT2D eigenvalue weighted by Crippen LogP contribution is -2.47. The van der Waals surface area contributed by atoms with Gasteiger partial charge in [-0.25, -0.2) is 4.79 Å². The summed E-state index contributed by atoms with van der Waals surface area (Å²) in [5.41, 5.74) is 1.38. The molecular formula is C17H25ClN4O2. The lowest BCUT2D eigenvalue weighted by molar-refractivity contribution is 0.0925. The number of hydrogen-bond donors (Lipinski definition) is 3. The third-order valence-electron chi connectivity index (χ3n) is 4.46. The number of anilines is 1. The highest BCUT2D eigenvalue weighted by atomic mass is 35.5. The van der Waals surface area contributed by atoms with Gasteiger partial charge in [-0.2, -0.15) is 0 Å². The molecule has 1 aromatic rings. The minimum Gasteiger partial charge on any atom is -0.349 e. The van der Waals surface area contributed by atoms with E-state index >= 15 is 0 Å². The average Bonchev–Trinajstić information content (AvgIpc) is 2.55. The predicted molar refractivity (Wildman–Crippen MR) is 97.0 cm³/mol. The molecule has 2 unspecified atom stereocenters. The number of nitrogens with one attached hydrogen (secondary N) is 3. The van der Waals surface area contributed by atoms with Crippen molar-refractivity contribution in [1.82, 2.24) is 16.0 Å². The summed E-state index contributed by atoms with van der Waals surface area (Å²) in [7, 11) is 0. The van der Waals surface area contributed by atoms with Gasteiger partial charge in [-0.05, 0) is 50.9 Å². The first-order valence-electron chi connectivity index (χ1n) is 8.33. The Kier molecular flexibility index (Phi) is 6.45. The summed E-state index contributed by atoms with van der Waals surface area (Å²) >= 11 is 0. The first kappa shape index (κ1) is 18.5. The highest BCUT2D eigenvalue weighted by molar-refractivity contribution is 5.98. The minimum absolute atomic E-state index is 0. The molecule has 132 valence electrons. The molecule has 0 aliphatic carbocycles. The maximum atomic E-state index is 12.5. The molecule has 0 aromatic heterocycles. The van der Waals surface area contributed by atoms with E-state index < -0.39 is 0 Å². The second kappa shape index (κ2) is 8.35. The Bertz CT molecular complexity index is 596. The van der Waals surface area contributed by atoms with E-state index in [4.69, 9.17) is 0 Å². The zero-order valence-corrected chi connectivity index (χ0v) is 14.7. The molecule has 0 spiro atoms. The number of hydrogen-bond acceptors (Lipinski definition) is 3. The van der Waals surface area contributed by atoms with Crippen LogP contribution in [0.4, 0.5) is 10.5 Å². The number of halogens is 1. The van der Waals surface area contributed by atoms with Crippen molar-refractivity contribution in [2.24, 2.45) is 0 Å². The van der Waals surface area contributed by atoms with E-state index in [0.717, 1.165) is 31.5 Å². The third-order valence-corrected chi connectivity index (χ3v) is 4.46. The fourth-order valence-corrected chi connectivity index (χ4v) is 3.22. The molecule has 7 heteroatoms. The zero-order chi connectivity index (χ0) is 16.2. The van der Waals surface area contributed by atoms with Crippen LogP contribution >= 0.6 is 12.4 Å². The van der Waals surface area contributed by atoms with Crippen LogP contribution in [0.5, 0.6) is 0 Å². The topological polar surface area (TPSA) is 73.5 Å². The number of nitrogens with zero attached hydrogens (tertiary/aromatic N) is 1. The average molecular weight is 353 g/mol. The van der Waals surface area contributed by atoms with Crippen LogP contribution in [0, 0.1) is 0 Å². The van der Waals surface area contributed by atoms with Gasteiger partial charge in [0.2, 0.25) is 0 Å². The van der Waals surface area contributed by atoms with Crippen molar-refractivity contribution >= 4 is 30.0 Å². The van der Waals surface area contributed by atoms with Gasteiger partial charge in [0.05, 0.1) is 0 Å². The van der Waals surface area contributed by atoms with Gasteiger partial charge >= 0.3 is 6.03 Å². The molecular weight excluding hydrogens is 328 g/mol. The summed E-state index contributed by atoms with van der Waals surface area (Å²) in [6.07, 6.45) is 2.80. The van der Waals surface area contributed by atoms with Gasteiger partial charge in [0.15, 0.2) is 0 Å². The first-order chi connectivity index (χ1) is 11.1. The van der Waals surface area contributed by atoms with Crippen LogP contribution in [0.3, 0.4) is 0 Å². The van der Waals surface area contributed by atoms with Crippen molar-refractivity contribution in [3.05, 3.63) is 29.8 Å². The molecule has 0 saturated carbocycles. The molecule has 24 heavy (non-hydrogen) atoms. The van der Waals surface area contributed by atoms with E-state index in [-0.39, 0.29) is 30.4 Å². The quantitative estimate of drug-likeness (QED) is 0.778. The van der Waals surface area contributed by atoms with Gasteiger partial charge in [0.25, 0.3) is 5.91 Å². The van der Waals surface area contributed by atoms with Crippen molar-refractivity contribution in [2.75, 3.05) is 24.5 Å². The summed E-state index contributed by atoms with van der Waals surface area (Å²) in [5.74, 6) is -0.0663. The van der Waals surface area contributed by atoms with Crippen molar-refractivity contribution in [3.8, 4) is 0 Å². The molecule has 2 atom stereocenters. The van der Waals surface area contributed by atoms with E-state index in [0.29, 0.717) is 24.7 Å². The molecule has 0 bridgehead atoms. The van der Waals surface area contributed by atoms with Crippen molar-refractivity contribution in [2.45, 2.75) is 38.3 Å². The number of carbonyl (C=O) groups is 2. The van der Waals surface area contributed by atoms with E-state index in [1.165, 1.54) is 0 Å². The zero-order valence-electron chi connectivity index (χ0n) is 13.9. The minimum atomic E-state index is -0.0963. The van der Waals surface area contributed by atoms with Gasteiger partial charge in [-0.1, -0.05) is 6.07 Å². The first-order valence-corrected chi connectivity index (χ1v) is 8.33. The Morgan fingerprint density at radius 3 is 2.92 bits per heavy atom. The van der Waals surface area contributed by atoms with E-state index in [2.05, 4.69) is 22.9 Å². The molecule has 3 rings (SSSR count). The van der Waals surface area contributed by atoms with Crippen LogP contribution in [0.1, 0.15) is 36.5 Å². The number of urea groups is 1. The van der Waals surface area contributed by atoms with Gasteiger partial charge in [0.1, 0.15) is 0 Å². The maximum absolute atomic E-state index is 12.5. The fourth-order valence-electron chi connectivity index (χ4n) is 3.22. The molecule has 6 nitrogen and oxygen atoms in total. The van der Waals surface area contributed by atoms with Gasteiger partial charge in [-0.15, -0.1) is 12.4 Å². The van der Waals surface area contributed by atoms with E-state index in [1.54, 1.807) is 17.0 Å². The monoisotopic (exact) mass is 352 g/mol. The van der Waals surface area contributed by atoms with Gasteiger partial charge < -0.3 is 16.0 Å². The number of rotatable bonds is 3. The van der Waals surface area contributed by atoms with Crippen molar-refractivity contribution in [3.63, 3.8) is 0 Å². The third kappa shape index (κ3) is 4.39. The second-order valence-corrected chi connectivity index (χ2v) is 6.34. The summed E-state index contributed by atoms with van der Waals surface area (Å²) in [6.45, 7) is 4.46. The smallest absolute Gasteiger partial charge is 0.321 e. The molecule has 0 radical (unpaired) electrons. The highest BCUT2D eigenvalue weighted by Gasteiger charge is 2.22. The molecule has 2 heterocycles. The molecule has 2 aliphatic rings. The van der Waals surface area contributed by atoms with Gasteiger partial charge in [0, 0.05) is 36.4 Å². The van der Waals surface area contributed by atoms with E-state index in [1.807, 2.05) is 12.1 Å². The largest absolute Gasteiger partial charge is 0.349 e. The maximum Gasteiger partial charge on any atom is 0.321 e. The summed E-state index contributed by atoms with van der Waals surface area (Å²) in [6, 6.07) is 7.83. The predicted octanol–water partition coefficient (Wildman–Crippen LogP) is 1.90. The van der Waals surface area contributed by atoms with Crippen LogP contribution in [-0.4, -0.2) is 43.7 Å². The van der Waals surface area contributed by atoms with Crippen LogP contribution in [-0.2, 0) is 0 Å². The standard InChI is InChI=1S/C17H24N4O2.ClH/c1-12-10-14(6-8-18-12)20-16(22)13-4-2-5-15(11-13)21-9-3-7-19-17(21)23;/h2,4-5,11-12,14,18H,3,6-10H2,1H3,(H,19,23)(H,20,22);1H. The normalized spacial score (nSPS) is 23.9. The van der Waals surface area contributed by atoms with Crippen molar-refractivity contribution < 1.29 is 9.59 Å². The highest BCUT2D eigenvalue weighted by Crippen LogP contribution is 2.19. The van der Waals surface area contributed by atoms with Crippen LogP contribution in [0.2, 0.25) is 0 Å². The van der Waals surface area contributed by atoms with Crippen molar-refractivity contribution in [1.29, 1.82) is 0 Å². The molecule has 2 fully saturated rings. The fraction of sp³-hybridized carbons (Fsp3) is 0.529. The lowest BCUT2D eigenvalue weighted by Gasteiger charge is -2.29. The Morgan fingerprint density at radius 1 is 1.33 bits per heavy atom. The summed E-state index contributed by atoms with van der Waals surface area (Å²) in [5, 5.41) is 9.32. The number of piperidine rings is 1. The number of carbonyl (C=O) groups excluding carboxylic acids is 2. The molecule has 3 N–H and O–H groups in total. The molecule has 3 amide bonds. The van der Waals surface area contributed by atoms with Crippen LogP contribution in [0.15, 0.2) is 24.3 Å². The Labute approximate surface area is 148 Å². The molecule has 2 saturated heterocycles. The summed E-state index contributed by atoms with van der Waals surface area (Å²) in [4.78, 5) is 26.1. The Hall–Kier alpha value is -1.79. The van der Waals surface area contributed by atoms with Gasteiger partial charge in [-0.3, -0.25) is 9.69 Å². The lowest BCUT2D eigenvalue weighted by atomic mass is 10.00. The van der Waals surface area contributed by atoms with Crippen LogP contribution in [0.25, 0.3) is 0 Å². The van der Waals surface area contributed by atoms with E-state index in [9.17, 15) is 9.59 Å². The number of benzene rings is 1. The summed E-state index contributed by atoms with van der Waals surface area (Å²) < 4.78 is 0. The van der Waals surface area contributed by atoms with Crippen LogP contribution < -0.4 is 20.9 Å². The Morgan fingerprint density at radius 2 is 2.17 bits per heavy atom. The SMILES string of the molecule is CC1CC(NC(=O)c2cccc(N3CCCNC3=O)c2)CCN1.Cl. The Balaban J connectivity index is 0.00000208. The molecule has 1 aromatic carbocycles. The second-order valence-electron chi connectivity index (χ2n) is 6.34. The number of amides is 3.